The van der Waals surface area contributed by atoms with E-state index in [1.807, 2.05) is 36.4 Å². The molecule has 0 aromatic heterocycles. The van der Waals surface area contributed by atoms with Crippen LogP contribution in [-0.4, -0.2) is 0 Å². The molecule has 0 N–H and O–H groups in total. The van der Waals surface area contributed by atoms with Gasteiger partial charge in [-0.05, 0) is 16.7 Å². The van der Waals surface area contributed by atoms with E-state index in [1.54, 1.807) is 12.2 Å². The standard InChI is InChI=1S/C12H12.C4H6/c1-4-10-8-7-9-11(5-2)12(10)6-3;1-3-4-2/h4-9H,1-3H2;3-4H,1-2H2. The van der Waals surface area contributed by atoms with Crippen molar-refractivity contribution in [1.29, 1.82) is 0 Å². The third-order valence-corrected chi connectivity index (χ3v) is 1.98. The first-order valence-corrected chi connectivity index (χ1v) is 4.98. The number of allylic oxidation sites excluding steroid dienone is 2. The highest BCUT2D eigenvalue weighted by molar-refractivity contribution is 5.72. The van der Waals surface area contributed by atoms with E-state index < -0.39 is 0 Å². The van der Waals surface area contributed by atoms with Gasteiger partial charge < -0.3 is 0 Å². The van der Waals surface area contributed by atoms with E-state index in [0.717, 1.165) is 16.7 Å². The van der Waals surface area contributed by atoms with Crippen LogP contribution >= 0.6 is 0 Å². The first-order valence-electron chi connectivity index (χ1n) is 4.98. The quantitative estimate of drug-likeness (QED) is 0.615. The molecule has 0 radical (unpaired) electrons. The Kier molecular flexibility index (Phi) is 7.17. The molecule has 0 amide bonds. The number of rotatable bonds is 4. The normalized spacial score (nSPS) is 8.00. The topological polar surface area (TPSA) is 0 Å². The molecule has 0 atom stereocenters. The zero-order chi connectivity index (χ0) is 12.4. The van der Waals surface area contributed by atoms with E-state index in [1.165, 1.54) is 0 Å². The Morgan fingerprint density at radius 3 is 1.38 bits per heavy atom. The van der Waals surface area contributed by atoms with Gasteiger partial charge in [-0.15, -0.1) is 0 Å². The van der Waals surface area contributed by atoms with Crippen molar-refractivity contribution in [3.63, 3.8) is 0 Å². The van der Waals surface area contributed by atoms with Gasteiger partial charge in [0.15, 0.2) is 0 Å². The molecule has 1 aromatic carbocycles. The lowest BCUT2D eigenvalue weighted by atomic mass is 10.0. The molecule has 0 bridgehead atoms. The molecule has 0 heteroatoms. The third-order valence-electron chi connectivity index (χ3n) is 1.98. The van der Waals surface area contributed by atoms with E-state index in [9.17, 15) is 0 Å². The molecule has 0 fully saturated rings. The van der Waals surface area contributed by atoms with Crippen molar-refractivity contribution in [2.24, 2.45) is 0 Å². The van der Waals surface area contributed by atoms with Gasteiger partial charge in [0.25, 0.3) is 0 Å². The highest BCUT2D eigenvalue weighted by Gasteiger charge is 1.97. The zero-order valence-electron chi connectivity index (χ0n) is 9.65. The largest absolute Gasteiger partial charge is 0.0991 e. The first kappa shape index (κ1) is 13.9. The average molecular weight is 210 g/mol. The van der Waals surface area contributed by atoms with Gasteiger partial charge in [0, 0.05) is 0 Å². The Labute approximate surface area is 98.6 Å². The van der Waals surface area contributed by atoms with Crippen LogP contribution < -0.4 is 0 Å². The fourth-order valence-electron chi connectivity index (χ4n) is 1.19. The van der Waals surface area contributed by atoms with Crippen molar-refractivity contribution in [3.8, 4) is 0 Å². The van der Waals surface area contributed by atoms with Crippen molar-refractivity contribution in [1.82, 2.24) is 0 Å². The SMILES string of the molecule is C=CC=C.C=Cc1cccc(C=C)c1C=C. The molecule has 1 rings (SSSR count). The van der Waals surface area contributed by atoms with Gasteiger partial charge in [-0.1, -0.05) is 81.5 Å². The van der Waals surface area contributed by atoms with Crippen LogP contribution in [0.4, 0.5) is 0 Å². The predicted octanol–water partition coefficient (Wildman–Crippen LogP) is 4.97. The summed E-state index contributed by atoms with van der Waals surface area (Å²) in [5.41, 5.74) is 3.30. The van der Waals surface area contributed by atoms with Gasteiger partial charge >= 0.3 is 0 Å². The van der Waals surface area contributed by atoms with E-state index >= 15 is 0 Å². The van der Waals surface area contributed by atoms with Crippen LogP contribution in [-0.2, 0) is 0 Å². The third kappa shape index (κ3) is 3.97. The summed E-state index contributed by atoms with van der Waals surface area (Å²) in [4.78, 5) is 0. The fraction of sp³-hybridized carbons (Fsp3) is 0. The van der Waals surface area contributed by atoms with E-state index in [4.69, 9.17) is 0 Å². The van der Waals surface area contributed by atoms with Crippen molar-refractivity contribution < 1.29 is 0 Å². The van der Waals surface area contributed by atoms with Crippen LogP contribution in [0.2, 0.25) is 0 Å². The minimum Gasteiger partial charge on any atom is -0.0991 e. The van der Waals surface area contributed by atoms with Gasteiger partial charge in [0.1, 0.15) is 0 Å². The number of hydrogen-bond donors (Lipinski definition) is 0. The molecule has 0 aliphatic heterocycles. The Hall–Kier alpha value is -2.08. The molecule has 0 unspecified atom stereocenters. The summed E-state index contributed by atoms with van der Waals surface area (Å²) in [6.45, 7) is 17.9. The lowest BCUT2D eigenvalue weighted by Gasteiger charge is -2.03. The molecular formula is C16H18. The van der Waals surface area contributed by atoms with Crippen molar-refractivity contribution >= 4 is 18.2 Å². The molecule has 0 heterocycles. The maximum Gasteiger partial charge on any atom is -0.0118 e. The minimum atomic E-state index is 1.10. The summed E-state index contributed by atoms with van der Waals surface area (Å²) < 4.78 is 0. The van der Waals surface area contributed by atoms with E-state index in [2.05, 4.69) is 32.9 Å². The van der Waals surface area contributed by atoms with Gasteiger partial charge in [0.2, 0.25) is 0 Å². The van der Waals surface area contributed by atoms with Crippen molar-refractivity contribution in [3.05, 3.63) is 79.9 Å². The fourth-order valence-corrected chi connectivity index (χ4v) is 1.19. The summed E-state index contributed by atoms with van der Waals surface area (Å²) in [6.07, 6.45) is 8.75. The number of benzene rings is 1. The summed E-state index contributed by atoms with van der Waals surface area (Å²) in [5.74, 6) is 0. The summed E-state index contributed by atoms with van der Waals surface area (Å²) >= 11 is 0. The maximum atomic E-state index is 3.75. The van der Waals surface area contributed by atoms with Crippen molar-refractivity contribution in [2.75, 3.05) is 0 Å². The van der Waals surface area contributed by atoms with Crippen LogP contribution in [0.5, 0.6) is 0 Å². The zero-order valence-corrected chi connectivity index (χ0v) is 9.65. The second-order valence-corrected chi connectivity index (χ2v) is 2.93. The molecule has 0 saturated carbocycles. The molecular weight excluding hydrogens is 192 g/mol. The molecule has 1 aromatic rings. The Morgan fingerprint density at radius 1 is 0.688 bits per heavy atom. The highest BCUT2D eigenvalue weighted by atomic mass is 14.0. The summed E-state index contributed by atoms with van der Waals surface area (Å²) in [5, 5.41) is 0. The minimum absolute atomic E-state index is 1.10. The highest BCUT2D eigenvalue weighted by Crippen LogP contribution is 2.17. The Bertz CT molecular complexity index is 362. The predicted molar refractivity (Wildman–Crippen MR) is 77.1 cm³/mol. The lowest BCUT2D eigenvalue weighted by molar-refractivity contribution is 1.58. The van der Waals surface area contributed by atoms with Crippen LogP contribution in [0.15, 0.2) is 63.2 Å². The smallest absolute Gasteiger partial charge is 0.0118 e. The summed E-state index contributed by atoms with van der Waals surface area (Å²) in [6, 6.07) is 6.01. The molecule has 0 nitrogen and oxygen atoms in total. The van der Waals surface area contributed by atoms with Gasteiger partial charge in [-0.2, -0.15) is 0 Å². The number of hydrogen-bond acceptors (Lipinski definition) is 0. The van der Waals surface area contributed by atoms with Gasteiger partial charge in [0.05, 0.1) is 0 Å². The van der Waals surface area contributed by atoms with Crippen LogP contribution in [0.1, 0.15) is 16.7 Å². The van der Waals surface area contributed by atoms with E-state index in [0.29, 0.717) is 0 Å². The molecule has 0 aliphatic rings. The monoisotopic (exact) mass is 210 g/mol. The Balaban J connectivity index is 0.000000487. The molecule has 0 saturated heterocycles. The molecule has 16 heavy (non-hydrogen) atoms. The summed E-state index contributed by atoms with van der Waals surface area (Å²) in [7, 11) is 0. The average Bonchev–Trinajstić information content (AvgIpc) is 2.37. The van der Waals surface area contributed by atoms with Gasteiger partial charge in [-0.25, -0.2) is 0 Å². The second-order valence-electron chi connectivity index (χ2n) is 2.93. The van der Waals surface area contributed by atoms with E-state index in [-0.39, 0.29) is 0 Å². The lowest BCUT2D eigenvalue weighted by Crippen LogP contribution is -1.84. The van der Waals surface area contributed by atoms with Gasteiger partial charge in [-0.3, -0.25) is 0 Å². The van der Waals surface area contributed by atoms with Crippen LogP contribution in [0, 0.1) is 0 Å². The first-order chi connectivity index (χ1) is 7.74. The Morgan fingerprint density at radius 2 is 1.12 bits per heavy atom. The molecule has 0 aliphatic carbocycles. The van der Waals surface area contributed by atoms with Crippen LogP contribution in [0.25, 0.3) is 18.2 Å². The van der Waals surface area contributed by atoms with Crippen LogP contribution in [0.3, 0.4) is 0 Å². The second kappa shape index (κ2) is 8.25. The molecule has 0 spiro atoms. The molecule has 82 valence electrons. The maximum absolute atomic E-state index is 3.75. The van der Waals surface area contributed by atoms with Crippen molar-refractivity contribution in [2.45, 2.75) is 0 Å².